The third-order valence-electron chi connectivity index (χ3n) is 3.52. The van der Waals surface area contributed by atoms with E-state index in [4.69, 9.17) is 10.2 Å². The van der Waals surface area contributed by atoms with Crippen molar-refractivity contribution in [1.82, 2.24) is 0 Å². The Hall–Kier alpha value is -1.48. The maximum Gasteiger partial charge on any atom is 0.423 e. The van der Waals surface area contributed by atoms with Crippen LogP contribution in [0.25, 0.3) is 0 Å². The largest absolute Gasteiger partial charge is 0.423 e. The summed E-state index contributed by atoms with van der Waals surface area (Å²) in [5.41, 5.74) is 0. The zero-order chi connectivity index (χ0) is 27.0. The van der Waals surface area contributed by atoms with Crippen LogP contribution in [0.3, 0.4) is 0 Å². The number of rotatable bonds is 9. The topological polar surface area (TPSA) is 40.5 Å². The van der Waals surface area contributed by atoms with E-state index in [9.17, 15) is 87.8 Å². The fourth-order valence-electron chi connectivity index (χ4n) is 1.56. The van der Waals surface area contributed by atoms with Crippen molar-refractivity contribution >= 4 is 0 Å². The molecule has 0 rings (SSSR count). The summed E-state index contributed by atoms with van der Waals surface area (Å²) in [4.78, 5) is 0. The third-order valence-corrected chi connectivity index (χ3v) is 3.52. The Balaban J connectivity index is 7.00. The second-order valence-electron chi connectivity index (χ2n) is 5.68. The maximum absolute atomic E-state index is 13.2. The number of aliphatic hydroxyl groups is 2. The summed E-state index contributed by atoms with van der Waals surface area (Å²) in [6.45, 7) is 0. The van der Waals surface area contributed by atoms with Gasteiger partial charge in [0.05, 0.1) is 0 Å². The van der Waals surface area contributed by atoms with E-state index in [-0.39, 0.29) is 0 Å². The molecule has 0 aromatic carbocycles. The molecule has 0 aliphatic carbocycles. The molecule has 0 amide bonds. The van der Waals surface area contributed by atoms with E-state index in [2.05, 4.69) is 0 Å². The minimum Gasteiger partial charge on any atom is -0.331 e. The Morgan fingerprint density at radius 3 is 0.406 bits per heavy atom. The molecule has 0 aliphatic rings. The molecule has 0 spiro atoms. The van der Waals surface area contributed by atoms with Crippen LogP contribution in [0.5, 0.6) is 0 Å². The lowest BCUT2D eigenvalue weighted by Crippen LogP contribution is -2.77. The summed E-state index contributed by atoms with van der Waals surface area (Å²) >= 11 is 0. The maximum atomic E-state index is 13.2. The molecule has 0 aromatic rings. The van der Waals surface area contributed by atoms with Crippen molar-refractivity contribution in [3.63, 3.8) is 0 Å². The molecule has 2 N–H and O–H groups in total. The monoisotopic (exact) mass is 534 g/mol. The number of hydrogen-bond acceptors (Lipinski definition) is 2. The van der Waals surface area contributed by atoms with Crippen LogP contribution in [0.1, 0.15) is 0 Å². The highest BCUT2D eigenvalue weighted by Gasteiger charge is 2.97. The molecular formula is C10H2F20O2. The van der Waals surface area contributed by atoms with Crippen molar-refractivity contribution in [2.45, 2.75) is 59.6 Å². The molecule has 0 aliphatic heterocycles. The van der Waals surface area contributed by atoms with Gasteiger partial charge in [0, 0.05) is 0 Å². The first kappa shape index (κ1) is 30.5. The zero-order valence-corrected chi connectivity index (χ0v) is 13.5. The summed E-state index contributed by atoms with van der Waals surface area (Å²) in [5.74, 6) is -70.3. The number of halogens is 20. The SMILES string of the molecule is OC(F)(F)C(F)(F)C(F)(F)C(F)(F)C(F)(F)C(F)(F)C(F)(F)C(F)(F)C(F)(F)C(O)(F)F. The first-order valence-corrected chi connectivity index (χ1v) is 6.48. The molecule has 22 heteroatoms. The van der Waals surface area contributed by atoms with Gasteiger partial charge in [-0.25, -0.2) is 0 Å². The van der Waals surface area contributed by atoms with Gasteiger partial charge in [-0.2, -0.15) is 87.8 Å². The zero-order valence-electron chi connectivity index (χ0n) is 13.5. The fraction of sp³-hybridized carbons (Fsp3) is 1.00. The van der Waals surface area contributed by atoms with E-state index < -0.39 is 59.6 Å². The van der Waals surface area contributed by atoms with Crippen LogP contribution in [-0.4, -0.2) is 69.8 Å². The average molecular weight is 534 g/mol. The van der Waals surface area contributed by atoms with Crippen molar-refractivity contribution < 1.29 is 98.0 Å². The minimum atomic E-state index is -9.15. The van der Waals surface area contributed by atoms with Crippen LogP contribution in [0, 0.1) is 0 Å². The summed E-state index contributed by atoms with van der Waals surface area (Å²) in [6, 6.07) is 0. The predicted molar refractivity (Wildman–Crippen MR) is 53.9 cm³/mol. The highest BCUT2D eigenvalue weighted by Crippen LogP contribution is 2.65. The molecule has 0 atom stereocenters. The summed E-state index contributed by atoms with van der Waals surface area (Å²) in [6.07, 6.45) is -15.0. The van der Waals surface area contributed by atoms with Crippen LogP contribution in [0.4, 0.5) is 87.8 Å². The fourth-order valence-corrected chi connectivity index (χ4v) is 1.56. The summed E-state index contributed by atoms with van der Waals surface area (Å²) in [7, 11) is 0. The molecule has 0 radical (unpaired) electrons. The Bertz CT molecular complexity index is 636. The van der Waals surface area contributed by atoms with E-state index in [1.54, 1.807) is 0 Å². The van der Waals surface area contributed by atoms with E-state index in [1.807, 2.05) is 0 Å². The van der Waals surface area contributed by atoms with Crippen molar-refractivity contribution in [1.29, 1.82) is 0 Å². The molecule has 194 valence electrons. The highest BCUT2D eigenvalue weighted by atomic mass is 19.4. The Labute approximate surface area is 159 Å². The molecule has 0 bridgehead atoms. The van der Waals surface area contributed by atoms with E-state index >= 15 is 0 Å². The Morgan fingerprint density at radius 1 is 0.219 bits per heavy atom. The molecule has 0 saturated heterocycles. The first-order valence-electron chi connectivity index (χ1n) is 6.48. The van der Waals surface area contributed by atoms with Gasteiger partial charge in [0.15, 0.2) is 0 Å². The van der Waals surface area contributed by atoms with Crippen molar-refractivity contribution in [2.24, 2.45) is 0 Å². The first-order chi connectivity index (χ1) is 13.2. The van der Waals surface area contributed by atoms with E-state index in [0.29, 0.717) is 0 Å². The second-order valence-corrected chi connectivity index (χ2v) is 5.68. The van der Waals surface area contributed by atoms with Crippen molar-refractivity contribution in [3.05, 3.63) is 0 Å². The number of hydrogen-bond donors (Lipinski definition) is 2. The number of alkyl halides is 20. The summed E-state index contributed by atoms with van der Waals surface area (Å²) in [5, 5.41) is 14.8. The van der Waals surface area contributed by atoms with Gasteiger partial charge >= 0.3 is 59.6 Å². The second kappa shape index (κ2) is 7.01. The van der Waals surface area contributed by atoms with Crippen LogP contribution in [0.2, 0.25) is 0 Å². The van der Waals surface area contributed by atoms with Crippen LogP contribution in [0.15, 0.2) is 0 Å². The average Bonchev–Trinajstić information content (AvgIpc) is 2.51. The molecule has 0 aromatic heterocycles. The van der Waals surface area contributed by atoms with Crippen molar-refractivity contribution in [2.75, 3.05) is 0 Å². The van der Waals surface area contributed by atoms with Crippen LogP contribution < -0.4 is 0 Å². The van der Waals surface area contributed by atoms with Gasteiger partial charge in [-0.3, -0.25) is 0 Å². The standard InChI is InChI=1S/C10H2F20O2/c11-1(12,3(15,16)5(19,20)7(23,24)9(27,28)31)2(13,14)4(17,18)6(21,22)8(25,26)10(29,30)32/h31-32H. The van der Waals surface area contributed by atoms with Gasteiger partial charge in [-0.05, 0) is 0 Å². The van der Waals surface area contributed by atoms with Crippen LogP contribution >= 0.6 is 0 Å². The van der Waals surface area contributed by atoms with Crippen LogP contribution in [-0.2, 0) is 0 Å². The molecule has 32 heavy (non-hydrogen) atoms. The molecular weight excluding hydrogens is 532 g/mol. The lowest BCUT2D eigenvalue weighted by atomic mass is 9.87. The van der Waals surface area contributed by atoms with Gasteiger partial charge in [0.25, 0.3) is 0 Å². The van der Waals surface area contributed by atoms with Gasteiger partial charge in [0.2, 0.25) is 0 Å². The smallest absolute Gasteiger partial charge is 0.331 e. The van der Waals surface area contributed by atoms with Gasteiger partial charge in [-0.15, -0.1) is 0 Å². The molecule has 0 fully saturated rings. The minimum absolute atomic E-state index is 7.39. The highest BCUT2D eigenvalue weighted by molar-refractivity contribution is 5.17. The van der Waals surface area contributed by atoms with Gasteiger partial charge in [0.1, 0.15) is 0 Å². The van der Waals surface area contributed by atoms with E-state index in [0.717, 1.165) is 0 Å². The lowest BCUT2D eigenvalue weighted by molar-refractivity contribution is -0.485. The van der Waals surface area contributed by atoms with Gasteiger partial charge < -0.3 is 10.2 Å². The molecule has 0 unspecified atom stereocenters. The van der Waals surface area contributed by atoms with E-state index in [1.165, 1.54) is 0 Å². The van der Waals surface area contributed by atoms with Gasteiger partial charge in [-0.1, -0.05) is 0 Å². The van der Waals surface area contributed by atoms with Crippen molar-refractivity contribution in [3.8, 4) is 0 Å². The molecule has 2 nitrogen and oxygen atoms in total. The quantitative estimate of drug-likeness (QED) is 0.398. The third kappa shape index (κ3) is 3.42. The lowest BCUT2D eigenvalue weighted by Gasteiger charge is -2.44. The Kier molecular flexibility index (Phi) is 6.69. The predicted octanol–water partition coefficient (Wildman–Crippen LogP) is 5.24. The molecule has 0 saturated carbocycles. The normalized spacial score (nSPS) is 17.1. The Morgan fingerprint density at radius 2 is 0.312 bits per heavy atom. The summed E-state index contributed by atoms with van der Waals surface area (Å²) < 4.78 is 255. The molecule has 0 heterocycles.